The smallest absolute Gasteiger partial charge is 0.338 e. The number of piperidine rings is 1. The van der Waals surface area contributed by atoms with Crippen LogP contribution in [0.5, 0.6) is 11.5 Å². The van der Waals surface area contributed by atoms with Crippen LogP contribution in [0.25, 0.3) is 10.9 Å². The van der Waals surface area contributed by atoms with Crippen LogP contribution >= 0.6 is 0 Å². The summed E-state index contributed by atoms with van der Waals surface area (Å²) in [5.41, 5.74) is 1.99. The zero-order chi connectivity index (χ0) is 29.2. The number of hydrogen-bond donors (Lipinski definition) is 2. The predicted molar refractivity (Wildman–Crippen MR) is 154 cm³/mol. The number of carbonyl (C=O) groups excluding carboxylic acids is 2. The first-order chi connectivity index (χ1) is 20.2. The van der Waals surface area contributed by atoms with E-state index in [1.807, 2.05) is 35.9 Å². The number of aromatic nitrogens is 3. The molecule has 2 fully saturated rings. The number of aromatic carboxylic acids is 1. The molecule has 4 heterocycles. The van der Waals surface area contributed by atoms with Crippen LogP contribution < -0.4 is 14.8 Å². The lowest BCUT2D eigenvalue weighted by molar-refractivity contribution is -0.00571. The summed E-state index contributed by atoms with van der Waals surface area (Å²) in [5.74, 6) is 0.590. The van der Waals surface area contributed by atoms with E-state index in [0.29, 0.717) is 59.5 Å². The van der Waals surface area contributed by atoms with Gasteiger partial charge >= 0.3 is 5.97 Å². The molecule has 1 saturated carbocycles. The maximum atomic E-state index is 13.7. The number of aryl methyl sites for hydroxylation is 1. The Balaban J connectivity index is 1.09. The number of nitrogens with one attached hydrogen (secondary N) is 1. The Morgan fingerprint density at radius 3 is 2.60 bits per heavy atom. The highest BCUT2D eigenvalue weighted by molar-refractivity contribution is 6.09. The molecule has 3 aliphatic rings. The first kappa shape index (κ1) is 26.1. The van der Waals surface area contributed by atoms with Gasteiger partial charge in [-0.1, -0.05) is 0 Å². The Labute approximate surface area is 241 Å². The maximum absolute atomic E-state index is 13.7. The molecule has 1 saturated heterocycles. The number of anilines is 2. The minimum absolute atomic E-state index is 0.0231. The first-order valence-electron chi connectivity index (χ1n) is 14.1. The van der Waals surface area contributed by atoms with Crippen LogP contribution in [0.4, 0.5) is 11.5 Å². The number of fused-ring (bicyclic) bond motifs is 2. The lowest BCUT2D eigenvalue weighted by atomic mass is 9.82. The zero-order valence-corrected chi connectivity index (χ0v) is 23.4. The Morgan fingerprint density at radius 2 is 1.93 bits per heavy atom. The highest BCUT2D eigenvalue weighted by atomic mass is 16.5. The lowest BCUT2D eigenvalue weighted by Gasteiger charge is -2.44. The molecule has 2 aromatic carbocycles. The second-order valence-corrected chi connectivity index (χ2v) is 11.4. The number of hydrogen-bond acceptors (Lipinski definition) is 7. The maximum Gasteiger partial charge on any atom is 0.338 e. The van der Waals surface area contributed by atoms with Gasteiger partial charge in [0.15, 0.2) is 5.78 Å². The van der Waals surface area contributed by atoms with Crippen molar-refractivity contribution in [2.24, 2.45) is 7.05 Å². The van der Waals surface area contributed by atoms with Gasteiger partial charge in [-0.05, 0) is 43.2 Å². The van der Waals surface area contributed by atoms with Crippen molar-refractivity contribution in [3.05, 3.63) is 65.5 Å². The van der Waals surface area contributed by atoms with Gasteiger partial charge in [0.1, 0.15) is 22.9 Å². The summed E-state index contributed by atoms with van der Waals surface area (Å²) in [7, 11) is 3.33. The molecule has 1 spiro atoms. The Kier molecular flexibility index (Phi) is 6.00. The van der Waals surface area contributed by atoms with E-state index >= 15 is 0 Å². The Bertz CT molecular complexity index is 1760. The SMILES string of the molecule is COc1cc(C(=O)N2CCC3(CC2)CC(=O)c2cc(Nc4ccnn4C)ccc2O3)cc2c1c(C(=O)O)cn2C1CC1. The number of likely N-dealkylation sites (tertiary alicyclic amines) is 1. The van der Waals surface area contributed by atoms with Crippen LogP contribution in [0, 0.1) is 0 Å². The molecule has 2 aliphatic heterocycles. The number of ether oxygens (including phenoxy) is 2. The fourth-order valence-electron chi connectivity index (χ4n) is 6.24. The van der Waals surface area contributed by atoms with Crippen LogP contribution in [-0.2, 0) is 7.05 Å². The summed E-state index contributed by atoms with van der Waals surface area (Å²) in [4.78, 5) is 40.7. The number of carboxylic acids is 1. The quantitative estimate of drug-likeness (QED) is 0.339. The third-order valence-corrected chi connectivity index (χ3v) is 8.68. The molecule has 42 heavy (non-hydrogen) atoms. The van der Waals surface area contributed by atoms with E-state index in [9.17, 15) is 19.5 Å². The highest BCUT2D eigenvalue weighted by Gasteiger charge is 2.44. The predicted octanol–water partition coefficient (Wildman–Crippen LogP) is 4.80. The average Bonchev–Trinajstić information content (AvgIpc) is 3.63. The third-order valence-electron chi connectivity index (χ3n) is 8.68. The number of methoxy groups -OCH3 is 1. The zero-order valence-electron chi connectivity index (χ0n) is 23.4. The molecule has 216 valence electrons. The molecule has 7 rings (SSSR count). The summed E-state index contributed by atoms with van der Waals surface area (Å²) in [6, 6.07) is 11.0. The van der Waals surface area contributed by atoms with E-state index in [0.717, 1.165) is 24.3 Å². The van der Waals surface area contributed by atoms with E-state index in [1.54, 1.807) is 34.1 Å². The van der Waals surface area contributed by atoms with Crippen molar-refractivity contribution < 1.29 is 29.0 Å². The van der Waals surface area contributed by atoms with Gasteiger partial charge in [-0.2, -0.15) is 5.10 Å². The van der Waals surface area contributed by atoms with Gasteiger partial charge in [0.05, 0.1) is 41.8 Å². The van der Waals surface area contributed by atoms with Gasteiger partial charge in [-0.3, -0.25) is 14.3 Å². The summed E-state index contributed by atoms with van der Waals surface area (Å²) in [5, 5.41) is 17.7. The van der Waals surface area contributed by atoms with Crippen molar-refractivity contribution in [1.82, 2.24) is 19.2 Å². The number of carbonyl (C=O) groups is 3. The Hall–Kier alpha value is -4.80. The van der Waals surface area contributed by atoms with Gasteiger partial charge in [-0.25, -0.2) is 4.79 Å². The summed E-state index contributed by atoms with van der Waals surface area (Å²) < 4.78 is 15.7. The van der Waals surface area contributed by atoms with Gasteiger partial charge < -0.3 is 29.4 Å². The summed E-state index contributed by atoms with van der Waals surface area (Å²) >= 11 is 0. The average molecular weight is 570 g/mol. The van der Waals surface area contributed by atoms with E-state index < -0.39 is 11.6 Å². The Morgan fingerprint density at radius 1 is 1.14 bits per heavy atom. The van der Waals surface area contributed by atoms with Gasteiger partial charge in [-0.15, -0.1) is 0 Å². The van der Waals surface area contributed by atoms with Crippen molar-refractivity contribution in [1.29, 1.82) is 0 Å². The molecule has 1 aliphatic carbocycles. The lowest BCUT2D eigenvalue weighted by Crippen LogP contribution is -2.52. The number of rotatable bonds is 6. The fraction of sp³-hybridized carbons (Fsp3) is 0.355. The molecule has 4 aromatic rings. The topological polar surface area (TPSA) is 128 Å². The van der Waals surface area contributed by atoms with Crippen molar-refractivity contribution >= 4 is 40.1 Å². The van der Waals surface area contributed by atoms with Gasteiger partial charge in [0.25, 0.3) is 5.91 Å². The van der Waals surface area contributed by atoms with Crippen LogP contribution in [0.2, 0.25) is 0 Å². The number of benzene rings is 2. The minimum atomic E-state index is -1.03. The van der Waals surface area contributed by atoms with Crippen LogP contribution in [-0.4, -0.2) is 67.8 Å². The van der Waals surface area contributed by atoms with Crippen LogP contribution in [0.3, 0.4) is 0 Å². The summed E-state index contributed by atoms with van der Waals surface area (Å²) in [6.45, 7) is 0.873. The molecule has 2 N–H and O–H groups in total. The van der Waals surface area contributed by atoms with Gasteiger partial charge in [0, 0.05) is 62.5 Å². The van der Waals surface area contributed by atoms with Crippen LogP contribution in [0.15, 0.2) is 48.8 Å². The van der Waals surface area contributed by atoms with E-state index in [4.69, 9.17) is 9.47 Å². The second-order valence-electron chi connectivity index (χ2n) is 11.4. The normalized spacial score (nSPS) is 17.7. The molecular weight excluding hydrogens is 538 g/mol. The van der Waals surface area contributed by atoms with Crippen molar-refractivity contribution in [3.63, 3.8) is 0 Å². The summed E-state index contributed by atoms with van der Waals surface area (Å²) in [6.07, 6.45) is 6.61. The number of nitrogens with zero attached hydrogens (tertiary/aromatic N) is 4. The highest BCUT2D eigenvalue weighted by Crippen LogP contribution is 2.43. The van der Waals surface area contributed by atoms with Crippen molar-refractivity contribution in [3.8, 4) is 11.5 Å². The van der Waals surface area contributed by atoms with Gasteiger partial charge in [0.2, 0.25) is 0 Å². The molecule has 11 heteroatoms. The third kappa shape index (κ3) is 4.36. The molecule has 0 bridgehead atoms. The second kappa shape index (κ2) is 9.64. The fourth-order valence-corrected chi connectivity index (χ4v) is 6.24. The molecule has 0 atom stereocenters. The molecule has 1 amide bonds. The first-order valence-corrected chi connectivity index (χ1v) is 14.1. The number of ketones is 1. The molecule has 11 nitrogen and oxygen atoms in total. The monoisotopic (exact) mass is 569 g/mol. The van der Waals surface area contributed by atoms with E-state index in [-0.39, 0.29) is 29.7 Å². The number of carboxylic acid groups (broad SMARTS) is 1. The van der Waals surface area contributed by atoms with Crippen molar-refractivity contribution in [2.45, 2.75) is 43.7 Å². The van der Waals surface area contributed by atoms with Crippen molar-refractivity contribution in [2.75, 3.05) is 25.5 Å². The number of amides is 1. The standard InChI is InChI=1S/C31H31N5O6/c1-34-27(7-10-32-34)33-19-3-6-25-21(15-19)24(37)16-31(42-25)8-11-35(12-9-31)29(38)18-13-23-28(26(14-18)41-2)22(30(39)40)17-36(23)20-4-5-20/h3,6-7,10,13-15,17,20,33H,4-5,8-9,11-12,16H2,1-2H3,(H,39,40). The molecular formula is C31H31N5O6. The molecule has 0 unspecified atom stereocenters. The number of Topliss-reactive ketones (excluding diaryl/α,β-unsaturated/α-hetero) is 1. The van der Waals surface area contributed by atoms with E-state index in [1.165, 1.54) is 7.11 Å². The van der Waals surface area contributed by atoms with Crippen LogP contribution in [0.1, 0.15) is 69.2 Å². The minimum Gasteiger partial charge on any atom is -0.496 e. The largest absolute Gasteiger partial charge is 0.496 e. The molecule has 2 aromatic heterocycles. The molecule has 0 radical (unpaired) electrons. The van der Waals surface area contributed by atoms with E-state index in [2.05, 4.69) is 10.4 Å².